The first-order chi connectivity index (χ1) is 16.6. The maximum Gasteiger partial charge on any atom is 0.336 e. The van der Waals surface area contributed by atoms with Crippen molar-refractivity contribution in [2.75, 3.05) is 0 Å². The summed E-state index contributed by atoms with van der Waals surface area (Å²) in [4.78, 5) is 48.3. The first kappa shape index (κ1) is 25.5. The first-order valence-corrected chi connectivity index (χ1v) is 11.2. The summed E-state index contributed by atoms with van der Waals surface area (Å²) >= 11 is 0. The molecule has 0 aliphatic heterocycles. The number of nitrogens with one attached hydrogen (secondary N) is 2. The van der Waals surface area contributed by atoms with Crippen molar-refractivity contribution < 1.29 is 28.6 Å². The monoisotopic (exact) mass is 480 g/mol. The lowest BCUT2D eigenvalue weighted by Crippen LogP contribution is -2.53. The number of hydrogen-bond donors (Lipinski definition) is 3. The maximum absolute atomic E-state index is 12.6. The minimum Gasteiger partial charge on any atom is -0.481 e. The van der Waals surface area contributed by atoms with Crippen molar-refractivity contribution in [1.29, 1.82) is 0 Å². The van der Waals surface area contributed by atoms with E-state index in [1.54, 1.807) is 26.0 Å². The summed E-state index contributed by atoms with van der Waals surface area (Å²) in [5.41, 5.74) is 1.37. The molecule has 0 aliphatic carbocycles. The molecule has 184 valence electrons. The third-order valence-electron chi connectivity index (χ3n) is 5.47. The average Bonchev–Trinajstić information content (AvgIpc) is 2.81. The Bertz CT molecular complexity index is 1280. The second-order valence-corrected chi connectivity index (χ2v) is 8.56. The molecule has 35 heavy (non-hydrogen) atoms. The van der Waals surface area contributed by atoms with Crippen molar-refractivity contribution in [3.05, 3.63) is 65.0 Å². The van der Waals surface area contributed by atoms with Crippen LogP contribution in [0.1, 0.15) is 27.7 Å². The van der Waals surface area contributed by atoms with Crippen molar-refractivity contribution >= 4 is 28.8 Å². The van der Waals surface area contributed by atoms with E-state index in [0.29, 0.717) is 16.7 Å². The number of hydrogen-bond acceptors (Lipinski definition) is 6. The Kier molecular flexibility index (Phi) is 7.91. The molecule has 3 N–H and O–H groups in total. The molecule has 0 saturated heterocycles. The van der Waals surface area contributed by atoms with E-state index in [1.165, 1.54) is 26.0 Å². The van der Waals surface area contributed by atoms with Crippen LogP contribution >= 0.6 is 0 Å². The Labute approximate surface area is 202 Å². The van der Waals surface area contributed by atoms with E-state index >= 15 is 0 Å². The van der Waals surface area contributed by atoms with E-state index < -0.39 is 41.6 Å². The van der Waals surface area contributed by atoms with Crippen molar-refractivity contribution in [2.45, 2.75) is 45.9 Å². The van der Waals surface area contributed by atoms with Crippen LogP contribution in [0.3, 0.4) is 0 Å². The topological polar surface area (TPSA) is 135 Å². The van der Waals surface area contributed by atoms with Crippen LogP contribution in [0, 0.1) is 5.92 Å². The van der Waals surface area contributed by atoms with Gasteiger partial charge in [0.15, 0.2) is 6.10 Å². The zero-order valence-corrected chi connectivity index (χ0v) is 19.9. The Hall–Kier alpha value is -4.14. The summed E-state index contributed by atoms with van der Waals surface area (Å²) in [6, 6.07) is 13.7. The fourth-order valence-electron chi connectivity index (χ4n) is 3.52. The molecule has 0 spiro atoms. The predicted molar refractivity (Wildman–Crippen MR) is 130 cm³/mol. The smallest absolute Gasteiger partial charge is 0.336 e. The summed E-state index contributed by atoms with van der Waals surface area (Å²) in [7, 11) is 0. The molecule has 1 unspecified atom stereocenters. The van der Waals surface area contributed by atoms with Gasteiger partial charge in [0.1, 0.15) is 23.4 Å². The van der Waals surface area contributed by atoms with Gasteiger partial charge in [-0.1, -0.05) is 44.2 Å². The van der Waals surface area contributed by atoms with Crippen LogP contribution in [-0.2, 0) is 14.4 Å². The molecule has 3 aromatic rings. The van der Waals surface area contributed by atoms with Gasteiger partial charge in [-0.15, -0.1) is 0 Å². The SMILES string of the molecule is CC(Oc1ccc2c(-c3ccccc3)cc(=O)oc2c1)C(=O)N[C@H](C)C(=O)N[C@H](C(=O)O)C(C)C. The number of aliphatic carboxylic acids is 1. The summed E-state index contributed by atoms with van der Waals surface area (Å²) in [5, 5.41) is 14.9. The molecule has 0 aliphatic rings. The molecule has 0 bridgehead atoms. The number of carbonyl (C=O) groups is 3. The van der Waals surface area contributed by atoms with E-state index in [0.717, 1.165) is 11.1 Å². The molecule has 0 fully saturated rings. The fourth-order valence-corrected chi connectivity index (χ4v) is 3.52. The Morgan fingerprint density at radius 1 is 0.914 bits per heavy atom. The van der Waals surface area contributed by atoms with Crippen LogP contribution in [0.15, 0.2) is 63.8 Å². The van der Waals surface area contributed by atoms with Crippen LogP contribution in [0.4, 0.5) is 0 Å². The minimum atomic E-state index is -1.15. The Balaban J connectivity index is 1.71. The Morgan fingerprint density at radius 3 is 2.23 bits per heavy atom. The number of amides is 2. The van der Waals surface area contributed by atoms with Crippen LogP contribution < -0.4 is 21.0 Å². The first-order valence-electron chi connectivity index (χ1n) is 11.2. The van der Waals surface area contributed by atoms with Crippen molar-refractivity contribution in [3.8, 4) is 16.9 Å². The van der Waals surface area contributed by atoms with Gasteiger partial charge < -0.3 is 24.9 Å². The lowest BCUT2D eigenvalue weighted by molar-refractivity contribution is -0.143. The number of rotatable bonds is 9. The van der Waals surface area contributed by atoms with E-state index in [9.17, 15) is 24.3 Å². The quantitative estimate of drug-likeness (QED) is 0.401. The second kappa shape index (κ2) is 10.9. The number of carboxylic acid groups (broad SMARTS) is 1. The summed E-state index contributed by atoms with van der Waals surface area (Å²) in [6.07, 6.45) is -0.980. The van der Waals surface area contributed by atoms with Gasteiger partial charge in [-0.3, -0.25) is 9.59 Å². The van der Waals surface area contributed by atoms with Gasteiger partial charge in [0.05, 0.1) is 0 Å². The molecule has 2 amide bonds. The molecular formula is C26H28N2O7. The molecule has 0 radical (unpaired) electrons. The summed E-state index contributed by atoms with van der Waals surface area (Å²) in [6.45, 7) is 6.31. The number of benzene rings is 2. The van der Waals surface area contributed by atoms with Crippen molar-refractivity contribution in [1.82, 2.24) is 10.6 Å². The van der Waals surface area contributed by atoms with Gasteiger partial charge in [0, 0.05) is 17.5 Å². The van der Waals surface area contributed by atoms with Gasteiger partial charge in [0.2, 0.25) is 5.91 Å². The highest BCUT2D eigenvalue weighted by Crippen LogP contribution is 2.29. The van der Waals surface area contributed by atoms with Gasteiger partial charge in [0.25, 0.3) is 5.91 Å². The highest BCUT2D eigenvalue weighted by molar-refractivity contribution is 5.94. The van der Waals surface area contributed by atoms with Crippen LogP contribution in [-0.4, -0.2) is 41.1 Å². The molecule has 1 aromatic heterocycles. The predicted octanol–water partition coefficient (Wildman–Crippen LogP) is 2.96. The molecule has 9 nitrogen and oxygen atoms in total. The molecule has 3 rings (SSSR count). The van der Waals surface area contributed by atoms with E-state index in [1.807, 2.05) is 30.3 Å². The molecule has 1 heterocycles. The number of carbonyl (C=O) groups excluding carboxylic acids is 2. The number of fused-ring (bicyclic) bond motifs is 1. The van der Waals surface area contributed by atoms with E-state index in [-0.39, 0.29) is 5.92 Å². The Morgan fingerprint density at radius 2 is 1.60 bits per heavy atom. The minimum absolute atomic E-state index is 0.302. The van der Waals surface area contributed by atoms with Gasteiger partial charge >= 0.3 is 11.6 Å². The fraction of sp³-hybridized carbons (Fsp3) is 0.308. The third-order valence-corrected chi connectivity index (χ3v) is 5.47. The van der Waals surface area contributed by atoms with Crippen LogP contribution in [0.25, 0.3) is 22.1 Å². The van der Waals surface area contributed by atoms with Gasteiger partial charge in [-0.05, 0) is 43.0 Å². The van der Waals surface area contributed by atoms with Gasteiger partial charge in [-0.2, -0.15) is 0 Å². The van der Waals surface area contributed by atoms with E-state index in [4.69, 9.17) is 9.15 Å². The molecule has 0 saturated carbocycles. The zero-order valence-electron chi connectivity index (χ0n) is 19.9. The van der Waals surface area contributed by atoms with Crippen molar-refractivity contribution in [3.63, 3.8) is 0 Å². The molecular weight excluding hydrogens is 452 g/mol. The largest absolute Gasteiger partial charge is 0.481 e. The molecule has 9 heteroatoms. The second-order valence-electron chi connectivity index (χ2n) is 8.56. The van der Waals surface area contributed by atoms with Crippen molar-refractivity contribution in [2.24, 2.45) is 5.92 Å². The highest BCUT2D eigenvalue weighted by atomic mass is 16.5. The standard InChI is InChI=1S/C26H28N2O7/c1-14(2)23(26(32)33)28-24(30)15(3)27-25(31)16(4)34-18-10-11-19-20(17-8-6-5-7-9-17)13-22(29)35-21(19)12-18/h5-16,23H,1-4H3,(H,27,31)(H,28,30)(H,32,33)/t15-,16?,23+/m1/s1. The summed E-state index contributed by atoms with van der Waals surface area (Å²) in [5.74, 6) is -2.36. The normalized spacial score (nSPS) is 13.6. The summed E-state index contributed by atoms with van der Waals surface area (Å²) < 4.78 is 11.0. The van der Waals surface area contributed by atoms with E-state index in [2.05, 4.69) is 10.6 Å². The lowest BCUT2D eigenvalue weighted by Gasteiger charge is -2.22. The number of carboxylic acids is 1. The van der Waals surface area contributed by atoms with Crippen LogP contribution in [0.2, 0.25) is 0 Å². The highest BCUT2D eigenvalue weighted by Gasteiger charge is 2.27. The molecule has 2 aromatic carbocycles. The third kappa shape index (κ3) is 6.26. The zero-order chi connectivity index (χ0) is 25.7. The number of ether oxygens (including phenoxy) is 1. The van der Waals surface area contributed by atoms with Crippen LogP contribution in [0.5, 0.6) is 5.75 Å². The van der Waals surface area contributed by atoms with Gasteiger partial charge in [-0.25, -0.2) is 9.59 Å². The molecule has 3 atom stereocenters. The maximum atomic E-state index is 12.6. The average molecular weight is 481 g/mol. The lowest BCUT2D eigenvalue weighted by atomic mass is 10.0.